The molecule has 1 saturated heterocycles. The lowest BCUT2D eigenvalue weighted by molar-refractivity contribution is 0.304. The summed E-state index contributed by atoms with van der Waals surface area (Å²) in [6, 6.07) is 21.4. The van der Waals surface area contributed by atoms with Gasteiger partial charge < -0.3 is 14.4 Å². The summed E-state index contributed by atoms with van der Waals surface area (Å²) in [5, 5.41) is 0. The van der Waals surface area contributed by atoms with Crippen LogP contribution in [0.15, 0.2) is 66.9 Å². The molecule has 0 unspecified atom stereocenters. The van der Waals surface area contributed by atoms with Crippen molar-refractivity contribution in [3.63, 3.8) is 0 Å². The molecule has 2 aromatic carbocycles. The Bertz CT molecular complexity index is 931. The Balaban J connectivity index is 1.52. The van der Waals surface area contributed by atoms with E-state index in [1.54, 1.807) is 7.11 Å². The van der Waals surface area contributed by atoms with Crippen molar-refractivity contribution in [3.05, 3.63) is 72.4 Å². The second kappa shape index (κ2) is 8.56. The van der Waals surface area contributed by atoms with Crippen LogP contribution in [0.1, 0.15) is 32.3 Å². The molecule has 4 rings (SSSR count). The molecule has 3 aromatic rings. The van der Waals surface area contributed by atoms with Gasteiger partial charge in [0.1, 0.15) is 18.1 Å². The number of benzene rings is 2. The van der Waals surface area contributed by atoms with Gasteiger partial charge in [-0.3, -0.25) is 4.98 Å². The maximum atomic E-state index is 5.93. The molecule has 1 fully saturated rings. The van der Waals surface area contributed by atoms with Crippen molar-refractivity contribution in [2.45, 2.75) is 45.4 Å². The molecule has 29 heavy (non-hydrogen) atoms. The Morgan fingerprint density at radius 2 is 1.72 bits per heavy atom. The number of hydrogen-bond donors (Lipinski definition) is 0. The third-order valence-corrected chi connectivity index (χ3v) is 5.70. The van der Waals surface area contributed by atoms with Crippen LogP contribution in [-0.4, -0.2) is 24.2 Å². The van der Waals surface area contributed by atoms with Crippen LogP contribution in [0.4, 0.5) is 5.69 Å². The molecule has 4 nitrogen and oxygen atoms in total. The number of rotatable bonds is 6. The number of aromatic nitrogens is 1. The van der Waals surface area contributed by atoms with Crippen LogP contribution in [0, 0.1) is 0 Å². The highest BCUT2D eigenvalue weighted by Gasteiger charge is 2.27. The fraction of sp³-hybridized carbons (Fsp3) is 0.320. The quantitative estimate of drug-likeness (QED) is 0.541. The molecule has 4 heteroatoms. The van der Waals surface area contributed by atoms with E-state index in [4.69, 9.17) is 14.5 Å². The van der Waals surface area contributed by atoms with E-state index in [9.17, 15) is 0 Å². The average Bonchev–Trinajstić information content (AvgIpc) is 3.11. The topological polar surface area (TPSA) is 34.6 Å². The Labute approximate surface area is 173 Å². The van der Waals surface area contributed by atoms with E-state index >= 15 is 0 Å². The summed E-state index contributed by atoms with van der Waals surface area (Å²) in [4.78, 5) is 7.20. The highest BCUT2D eigenvalue weighted by molar-refractivity contribution is 5.69. The molecule has 0 N–H and O–H groups in total. The summed E-state index contributed by atoms with van der Waals surface area (Å²) < 4.78 is 11.6. The molecule has 1 aliphatic rings. The molecule has 0 bridgehead atoms. The molecule has 2 atom stereocenters. The normalized spacial score (nSPS) is 18.7. The molecule has 0 radical (unpaired) electrons. The monoisotopic (exact) mass is 388 g/mol. The van der Waals surface area contributed by atoms with Crippen molar-refractivity contribution in [3.8, 4) is 22.8 Å². The van der Waals surface area contributed by atoms with E-state index in [2.05, 4.69) is 43.0 Å². The summed E-state index contributed by atoms with van der Waals surface area (Å²) in [6.45, 7) is 5.10. The average molecular weight is 389 g/mol. The first kappa shape index (κ1) is 19.3. The molecule has 1 aliphatic heterocycles. The van der Waals surface area contributed by atoms with Crippen LogP contribution in [0.5, 0.6) is 11.5 Å². The number of anilines is 1. The lowest BCUT2D eigenvalue weighted by Gasteiger charge is -2.28. The zero-order chi connectivity index (χ0) is 20.2. The molecular weight excluding hydrogens is 360 g/mol. The van der Waals surface area contributed by atoms with E-state index in [1.165, 1.54) is 18.5 Å². The first-order chi connectivity index (χ1) is 14.2. The van der Waals surface area contributed by atoms with Gasteiger partial charge in [-0.25, -0.2) is 0 Å². The van der Waals surface area contributed by atoms with Crippen LogP contribution >= 0.6 is 0 Å². The van der Waals surface area contributed by atoms with E-state index in [-0.39, 0.29) is 0 Å². The van der Waals surface area contributed by atoms with E-state index < -0.39 is 0 Å². The predicted molar refractivity (Wildman–Crippen MR) is 118 cm³/mol. The van der Waals surface area contributed by atoms with Gasteiger partial charge in [-0.05, 0) is 56.5 Å². The largest absolute Gasteiger partial charge is 0.496 e. The minimum absolute atomic E-state index is 0.530. The number of nitrogens with zero attached hydrogens (tertiary/aromatic N) is 2. The number of methoxy groups -OCH3 is 1. The van der Waals surface area contributed by atoms with Gasteiger partial charge in [0.15, 0.2) is 0 Å². The van der Waals surface area contributed by atoms with Crippen LogP contribution in [0.25, 0.3) is 11.3 Å². The first-order valence-electron chi connectivity index (χ1n) is 10.2. The van der Waals surface area contributed by atoms with E-state index in [0.717, 1.165) is 28.3 Å². The second-order valence-electron chi connectivity index (χ2n) is 7.72. The summed E-state index contributed by atoms with van der Waals surface area (Å²) in [5.74, 6) is 1.55. The van der Waals surface area contributed by atoms with Gasteiger partial charge in [-0.1, -0.05) is 30.3 Å². The summed E-state index contributed by atoms with van der Waals surface area (Å²) >= 11 is 0. The third kappa shape index (κ3) is 4.21. The number of ether oxygens (including phenoxy) is 2. The zero-order valence-corrected chi connectivity index (χ0v) is 17.3. The Morgan fingerprint density at radius 1 is 0.966 bits per heavy atom. The van der Waals surface area contributed by atoms with Gasteiger partial charge in [-0.2, -0.15) is 0 Å². The fourth-order valence-corrected chi connectivity index (χ4v) is 4.12. The summed E-state index contributed by atoms with van der Waals surface area (Å²) in [6.07, 6.45) is 4.45. The van der Waals surface area contributed by atoms with Gasteiger partial charge in [0.2, 0.25) is 0 Å². The van der Waals surface area contributed by atoms with E-state index in [1.807, 2.05) is 42.6 Å². The lowest BCUT2D eigenvalue weighted by Crippen LogP contribution is -2.32. The van der Waals surface area contributed by atoms with Crippen molar-refractivity contribution in [2.24, 2.45) is 0 Å². The highest BCUT2D eigenvalue weighted by Crippen LogP contribution is 2.35. The molecule has 1 aromatic heterocycles. The standard InChI is InChI=1S/C25H28N2O2/c1-18-9-10-19(2)27(18)21-11-14-24(26-16-21)23-13-12-22(15-25(23)28-3)29-17-20-7-5-4-6-8-20/h4-8,11-16,18-19H,9-10,17H2,1-3H3/t18-,19-/m1/s1. The fourth-order valence-electron chi connectivity index (χ4n) is 4.12. The maximum absolute atomic E-state index is 5.93. The van der Waals surface area contributed by atoms with Crippen molar-refractivity contribution in [1.29, 1.82) is 0 Å². The molecular formula is C25H28N2O2. The van der Waals surface area contributed by atoms with Crippen LogP contribution in [0.3, 0.4) is 0 Å². The van der Waals surface area contributed by atoms with Gasteiger partial charge in [0.05, 0.1) is 24.7 Å². The molecule has 2 heterocycles. The third-order valence-electron chi connectivity index (χ3n) is 5.70. The molecule has 0 amide bonds. The van der Waals surface area contributed by atoms with Crippen LogP contribution in [0.2, 0.25) is 0 Å². The number of hydrogen-bond acceptors (Lipinski definition) is 4. The Morgan fingerprint density at radius 3 is 2.38 bits per heavy atom. The van der Waals surface area contributed by atoms with Crippen molar-refractivity contribution in [2.75, 3.05) is 12.0 Å². The minimum atomic E-state index is 0.530. The minimum Gasteiger partial charge on any atom is -0.496 e. The van der Waals surface area contributed by atoms with Gasteiger partial charge >= 0.3 is 0 Å². The summed E-state index contributed by atoms with van der Waals surface area (Å²) in [7, 11) is 1.68. The van der Waals surface area contributed by atoms with Gasteiger partial charge in [-0.15, -0.1) is 0 Å². The first-order valence-corrected chi connectivity index (χ1v) is 10.2. The van der Waals surface area contributed by atoms with Crippen molar-refractivity contribution in [1.82, 2.24) is 4.98 Å². The second-order valence-corrected chi connectivity index (χ2v) is 7.72. The Kier molecular flexibility index (Phi) is 5.70. The molecule has 0 saturated carbocycles. The number of pyridine rings is 1. The molecule has 150 valence electrons. The SMILES string of the molecule is COc1cc(OCc2ccccc2)ccc1-c1ccc(N2[C@H](C)CC[C@H]2C)cn1. The predicted octanol–water partition coefficient (Wildman–Crippen LogP) is 5.71. The van der Waals surface area contributed by atoms with Gasteiger partial charge in [0.25, 0.3) is 0 Å². The highest BCUT2D eigenvalue weighted by atomic mass is 16.5. The van der Waals surface area contributed by atoms with Crippen LogP contribution in [-0.2, 0) is 6.61 Å². The Hall–Kier alpha value is -3.01. The van der Waals surface area contributed by atoms with Crippen LogP contribution < -0.4 is 14.4 Å². The van der Waals surface area contributed by atoms with E-state index in [0.29, 0.717) is 18.7 Å². The lowest BCUT2D eigenvalue weighted by atomic mass is 10.1. The molecule has 0 spiro atoms. The van der Waals surface area contributed by atoms with Crippen molar-refractivity contribution < 1.29 is 9.47 Å². The zero-order valence-electron chi connectivity index (χ0n) is 17.3. The smallest absolute Gasteiger partial charge is 0.131 e. The van der Waals surface area contributed by atoms with Crippen molar-refractivity contribution >= 4 is 5.69 Å². The maximum Gasteiger partial charge on any atom is 0.131 e. The van der Waals surface area contributed by atoms with Gasteiger partial charge in [0, 0.05) is 23.7 Å². The summed E-state index contributed by atoms with van der Waals surface area (Å²) in [5.41, 5.74) is 4.19. The molecule has 0 aliphatic carbocycles.